The van der Waals surface area contributed by atoms with Crippen molar-refractivity contribution in [3.05, 3.63) is 120 Å². The lowest BCUT2D eigenvalue weighted by molar-refractivity contribution is -0.121. The quantitative estimate of drug-likeness (QED) is 0.250. The number of hydrogen-bond acceptors (Lipinski definition) is 6. The molecule has 242 valence electrons. The Morgan fingerprint density at radius 1 is 0.766 bits per heavy atom. The van der Waals surface area contributed by atoms with Crippen LogP contribution in [0, 0.1) is 6.92 Å². The molecule has 1 unspecified atom stereocenters. The predicted molar refractivity (Wildman–Crippen MR) is 192 cm³/mol. The van der Waals surface area contributed by atoms with E-state index in [1.165, 1.54) is 42.6 Å². The largest absolute Gasteiger partial charge is 0.352 e. The fourth-order valence-corrected chi connectivity index (χ4v) is 7.28. The molecule has 0 bridgehead atoms. The molecule has 4 aromatic carbocycles. The standard InChI is InChI=1S/C40H46N6O/c1-30-12-14-31(15-13-30)29-41-39(47)28-38-36-10-6-7-11-37(36)42-40(45-26-24-44(25-27-45)34-20-22-43(2)23-21-34)46(38)35-18-16-33(17-19-35)32-8-4-3-5-9-32/h3-19,34,38H,20-29H2,1-2H3,(H,41,47). The molecule has 3 aliphatic rings. The van der Waals surface area contributed by atoms with Crippen molar-refractivity contribution in [3.8, 4) is 11.1 Å². The molecule has 1 N–H and O–H groups in total. The van der Waals surface area contributed by atoms with E-state index in [0.29, 0.717) is 19.0 Å². The molecule has 7 rings (SSSR count). The van der Waals surface area contributed by atoms with E-state index >= 15 is 0 Å². The van der Waals surface area contributed by atoms with Crippen LogP contribution in [-0.4, -0.2) is 78.9 Å². The second-order valence-corrected chi connectivity index (χ2v) is 13.3. The highest BCUT2D eigenvalue weighted by Gasteiger charge is 2.37. The Morgan fingerprint density at radius 3 is 2.15 bits per heavy atom. The summed E-state index contributed by atoms with van der Waals surface area (Å²) in [5, 5.41) is 3.21. The summed E-state index contributed by atoms with van der Waals surface area (Å²) in [4.78, 5) is 28.9. The molecule has 0 spiro atoms. The molecular weight excluding hydrogens is 580 g/mol. The summed E-state index contributed by atoms with van der Waals surface area (Å²) in [5.74, 6) is 0.972. The number of hydrogen-bond donors (Lipinski definition) is 1. The highest BCUT2D eigenvalue weighted by Crippen LogP contribution is 2.41. The van der Waals surface area contributed by atoms with Crippen LogP contribution in [0.25, 0.3) is 11.1 Å². The van der Waals surface area contributed by atoms with Crippen LogP contribution >= 0.6 is 0 Å². The summed E-state index contributed by atoms with van der Waals surface area (Å²) in [6, 6.07) is 36.4. The number of carbonyl (C=O) groups is 1. The number of para-hydroxylation sites is 1. The third-order valence-corrected chi connectivity index (χ3v) is 10.1. The van der Waals surface area contributed by atoms with Crippen molar-refractivity contribution in [1.82, 2.24) is 20.0 Å². The van der Waals surface area contributed by atoms with Gasteiger partial charge in [-0.1, -0.05) is 90.5 Å². The maximum Gasteiger partial charge on any atom is 0.222 e. The third-order valence-electron chi connectivity index (χ3n) is 10.1. The van der Waals surface area contributed by atoms with Crippen LogP contribution in [0.2, 0.25) is 0 Å². The molecule has 47 heavy (non-hydrogen) atoms. The lowest BCUT2D eigenvalue weighted by Gasteiger charge is -2.47. The number of rotatable bonds is 7. The monoisotopic (exact) mass is 626 g/mol. The number of anilines is 1. The summed E-state index contributed by atoms with van der Waals surface area (Å²) in [7, 11) is 2.23. The first-order valence-corrected chi connectivity index (χ1v) is 17.1. The first kappa shape index (κ1) is 31.2. The Morgan fingerprint density at radius 2 is 1.43 bits per heavy atom. The smallest absolute Gasteiger partial charge is 0.222 e. The van der Waals surface area contributed by atoms with Gasteiger partial charge in [-0.05, 0) is 74.8 Å². The third kappa shape index (κ3) is 7.11. The van der Waals surface area contributed by atoms with Gasteiger partial charge < -0.3 is 20.0 Å². The van der Waals surface area contributed by atoms with Gasteiger partial charge in [0.15, 0.2) is 0 Å². The first-order chi connectivity index (χ1) is 23.0. The topological polar surface area (TPSA) is 54.4 Å². The molecule has 0 aliphatic carbocycles. The molecule has 0 radical (unpaired) electrons. The van der Waals surface area contributed by atoms with Crippen molar-refractivity contribution in [1.29, 1.82) is 0 Å². The van der Waals surface area contributed by atoms with Crippen LogP contribution in [0.5, 0.6) is 0 Å². The fourth-order valence-electron chi connectivity index (χ4n) is 7.28. The number of aryl methyl sites for hydroxylation is 1. The van der Waals surface area contributed by atoms with Gasteiger partial charge in [0.25, 0.3) is 0 Å². The number of benzene rings is 4. The highest BCUT2D eigenvalue weighted by atomic mass is 16.1. The van der Waals surface area contributed by atoms with Gasteiger partial charge in [0.1, 0.15) is 0 Å². The summed E-state index contributed by atoms with van der Waals surface area (Å²) in [6.45, 7) is 8.83. The number of fused-ring (bicyclic) bond motifs is 1. The van der Waals surface area contributed by atoms with Gasteiger partial charge in [0, 0.05) is 50.0 Å². The van der Waals surface area contributed by atoms with Crippen LogP contribution < -0.4 is 10.2 Å². The zero-order valence-electron chi connectivity index (χ0n) is 27.7. The van der Waals surface area contributed by atoms with Crippen molar-refractivity contribution < 1.29 is 4.79 Å². The van der Waals surface area contributed by atoms with E-state index < -0.39 is 0 Å². The normalized spacial score (nSPS) is 19.3. The number of nitrogens with one attached hydrogen (secondary N) is 1. The molecule has 0 saturated carbocycles. The summed E-state index contributed by atoms with van der Waals surface area (Å²) >= 11 is 0. The highest BCUT2D eigenvalue weighted by molar-refractivity contribution is 6.01. The molecule has 4 aromatic rings. The van der Waals surface area contributed by atoms with Gasteiger partial charge in [0.2, 0.25) is 11.9 Å². The van der Waals surface area contributed by atoms with E-state index in [4.69, 9.17) is 4.99 Å². The molecule has 0 aromatic heterocycles. The first-order valence-electron chi connectivity index (χ1n) is 17.1. The second-order valence-electron chi connectivity index (χ2n) is 13.3. The van der Waals surface area contributed by atoms with Crippen molar-refractivity contribution in [2.24, 2.45) is 4.99 Å². The van der Waals surface area contributed by atoms with E-state index in [-0.39, 0.29) is 11.9 Å². The van der Waals surface area contributed by atoms with Gasteiger partial charge in [-0.2, -0.15) is 0 Å². The zero-order valence-corrected chi connectivity index (χ0v) is 27.7. The van der Waals surface area contributed by atoms with Gasteiger partial charge >= 0.3 is 0 Å². The number of amides is 1. The summed E-state index contributed by atoms with van der Waals surface area (Å²) in [5.41, 5.74) is 7.76. The maximum absolute atomic E-state index is 13.7. The van der Waals surface area contributed by atoms with E-state index in [9.17, 15) is 4.79 Å². The molecule has 7 nitrogen and oxygen atoms in total. The van der Waals surface area contributed by atoms with Gasteiger partial charge in [0.05, 0.1) is 18.2 Å². The average Bonchev–Trinajstić information content (AvgIpc) is 3.12. The molecule has 1 amide bonds. The van der Waals surface area contributed by atoms with Crippen molar-refractivity contribution in [3.63, 3.8) is 0 Å². The second kappa shape index (κ2) is 14.1. The lowest BCUT2D eigenvalue weighted by atomic mass is 9.96. The van der Waals surface area contributed by atoms with Gasteiger partial charge in [-0.25, -0.2) is 4.99 Å². The van der Waals surface area contributed by atoms with E-state index in [0.717, 1.165) is 54.6 Å². The zero-order chi connectivity index (χ0) is 32.2. The lowest BCUT2D eigenvalue weighted by Crippen LogP contribution is -2.58. The van der Waals surface area contributed by atoms with Gasteiger partial charge in [-0.15, -0.1) is 0 Å². The summed E-state index contributed by atoms with van der Waals surface area (Å²) < 4.78 is 0. The molecular formula is C40H46N6O. The Balaban J connectivity index is 1.18. The van der Waals surface area contributed by atoms with Crippen molar-refractivity contribution >= 4 is 23.2 Å². The average molecular weight is 627 g/mol. The Kier molecular flexibility index (Phi) is 9.36. The van der Waals surface area contributed by atoms with Crippen LogP contribution in [0.15, 0.2) is 108 Å². The summed E-state index contributed by atoms with van der Waals surface area (Å²) in [6.07, 6.45) is 2.81. The number of guanidine groups is 1. The van der Waals surface area contributed by atoms with Crippen LogP contribution in [0.4, 0.5) is 11.4 Å². The van der Waals surface area contributed by atoms with E-state index in [1.807, 2.05) is 6.07 Å². The molecule has 3 aliphatic heterocycles. The minimum Gasteiger partial charge on any atom is -0.352 e. The number of carbonyl (C=O) groups excluding carboxylic acids is 1. The molecule has 2 fully saturated rings. The van der Waals surface area contributed by atoms with E-state index in [1.54, 1.807) is 0 Å². The maximum atomic E-state index is 13.7. The minimum atomic E-state index is -0.189. The van der Waals surface area contributed by atoms with E-state index in [2.05, 4.69) is 136 Å². The Hall–Kier alpha value is -4.46. The van der Waals surface area contributed by atoms with Crippen molar-refractivity contribution in [2.45, 2.75) is 44.8 Å². The SMILES string of the molecule is Cc1ccc(CNC(=O)CC2c3ccccc3N=C(N3CCN(C4CCN(C)CC4)CC3)N2c2ccc(-c3ccccc3)cc2)cc1. The number of piperidine rings is 1. The minimum absolute atomic E-state index is 0.0321. The van der Waals surface area contributed by atoms with Crippen molar-refractivity contribution in [2.75, 3.05) is 51.2 Å². The fraction of sp³-hybridized carbons (Fsp3) is 0.350. The molecule has 2 saturated heterocycles. The van der Waals surface area contributed by atoms with Crippen LogP contribution in [0.3, 0.4) is 0 Å². The van der Waals surface area contributed by atoms with Crippen LogP contribution in [0.1, 0.15) is 42.0 Å². The number of piperazine rings is 1. The molecule has 3 heterocycles. The number of likely N-dealkylation sites (tertiary alicyclic amines) is 1. The number of nitrogens with zero attached hydrogens (tertiary/aromatic N) is 5. The Bertz CT molecular complexity index is 1670. The molecule has 1 atom stereocenters. The predicted octanol–water partition coefficient (Wildman–Crippen LogP) is 6.63. The number of aliphatic imine (C=N–C) groups is 1. The Labute approximate surface area is 279 Å². The van der Waals surface area contributed by atoms with Gasteiger partial charge in [-0.3, -0.25) is 9.69 Å². The van der Waals surface area contributed by atoms with Crippen LogP contribution in [-0.2, 0) is 11.3 Å². The molecule has 7 heteroatoms.